The Morgan fingerprint density at radius 3 is 3.09 bits per heavy atom. The van der Waals surface area contributed by atoms with E-state index in [1.54, 1.807) is 23.3 Å². The van der Waals surface area contributed by atoms with Gasteiger partial charge in [0.2, 0.25) is 0 Å². The topological polar surface area (TPSA) is 51.7 Å². The standard InChI is InChI=1S/C16H18N2O3S/c1-3-18-13-8-11(4-5-14(13)21-9-16(18)19)12-10-22-15(17-12)6-7-20-2/h4-5,8,10H,3,6-7,9H2,1-2H3. The van der Waals surface area contributed by atoms with E-state index >= 15 is 0 Å². The summed E-state index contributed by atoms with van der Waals surface area (Å²) in [6.07, 6.45) is 0.814. The molecule has 0 N–H and O–H groups in total. The first-order valence-corrected chi connectivity index (χ1v) is 8.11. The third-order valence-electron chi connectivity index (χ3n) is 3.59. The van der Waals surface area contributed by atoms with Gasteiger partial charge in [0.15, 0.2) is 6.61 Å². The number of nitrogens with zero attached hydrogens (tertiary/aromatic N) is 2. The SMILES string of the molecule is CCN1C(=O)COc2ccc(-c3csc(CCOC)n3)cc21. The van der Waals surface area contributed by atoms with Crippen LogP contribution >= 0.6 is 11.3 Å². The lowest BCUT2D eigenvalue weighted by molar-refractivity contribution is -0.121. The maximum atomic E-state index is 11.9. The normalized spacial score (nSPS) is 13.9. The van der Waals surface area contributed by atoms with Gasteiger partial charge in [-0.2, -0.15) is 0 Å². The van der Waals surface area contributed by atoms with Gasteiger partial charge in [0.1, 0.15) is 5.75 Å². The van der Waals surface area contributed by atoms with E-state index < -0.39 is 0 Å². The van der Waals surface area contributed by atoms with E-state index in [0.29, 0.717) is 13.2 Å². The molecule has 1 amide bonds. The highest BCUT2D eigenvalue weighted by atomic mass is 32.1. The molecule has 0 aliphatic carbocycles. The van der Waals surface area contributed by atoms with Crippen molar-refractivity contribution in [3.63, 3.8) is 0 Å². The van der Waals surface area contributed by atoms with Gasteiger partial charge in [-0.3, -0.25) is 4.79 Å². The Kier molecular flexibility index (Phi) is 4.40. The Bertz CT molecular complexity index is 684. The largest absolute Gasteiger partial charge is 0.482 e. The van der Waals surface area contributed by atoms with E-state index in [1.165, 1.54) is 0 Å². The van der Waals surface area contributed by atoms with Gasteiger partial charge in [-0.1, -0.05) is 0 Å². The molecule has 2 aromatic rings. The lowest BCUT2D eigenvalue weighted by Gasteiger charge is -2.28. The number of ether oxygens (including phenoxy) is 2. The first kappa shape index (κ1) is 15.0. The van der Waals surface area contributed by atoms with Gasteiger partial charge in [0, 0.05) is 31.0 Å². The molecule has 0 spiro atoms. The summed E-state index contributed by atoms with van der Waals surface area (Å²) in [6, 6.07) is 5.87. The fourth-order valence-electron chi connectivity index (χ4n) is 2.46. The van der Waals surface area contributed by atoms with Gasteiger partial charge in [-0.05, 0) is 25.1 Å². The molecule has 0 radical (unpaired) electrons. The summed E-state index contributed by atoms with van der Waals surface area (Å²) in [4.78, 5) is 18.3. The average Bonchev–Trinajstić information content (AvgIpc) is 3.01. The Hall–Kier alpha value is -1.92. The summed E-state index contributed by atoms with van der Waals surface area (Å²) < 4.78 is 10.6. The zero-order valence-electron chi connectivity index (χ0n) is 12.7. The minimum atomic E-state index is -0.00814. The Morgan fingerprint density at radius 1 is 1.45 bits per heavy atom. The molecule has 5 nitrogen and oxygen atoms in total. The number of benzene rings is 1. The minimum absolute atomic E-state index is 0.00814. The Labute approximate surface area is 133 Å². The molecule has 1 aliphatic rings. The molecular weight excluding hydrogens is 300 g/mol. The lowest BCUT2D eigenvalue weighted by atomic mass is 10.1. The van der Waals surface area contributed by atoms with Gasteiger partial charge in [-0.15, -0.1) is 11.3 Å². The molecule has 116 valence electrons. The molecule has 1 aromatic carbocycles. The molecule has 1 aromatic heterocycles. The molecule has 0 saturated carbocycles. The summed E-state index contributed by atoms with van der Waals surface area (Å²) >= 11 is 1.63. The van der Waals surface area contributed by atoms with Crippen LogP contribution in [0.3, 0.4) is 0 Å². The van der Waals surface area contributed by atoms with Crippen LogP contribution in [0.15, 0.2) is 23.6 Å². The van der Waals surface area contributed by atoms with Crippen LogP contribution in [0.25, 0.3) is 11.3 Å². The molecule has 22 heavy (non-hydrogen) atoms. The highest BCUT2D eigenvalue weighted by molar-refractivity contribution is 7.09. The smallest absolute Gasteiger partial charge is 0.265 e. The van der Waals surface area contributed by atoms with E-state index in [9.17, 15) is 4.79 Å². The van der Waals surface area contributed by atoms with Crippen LogP contribution < -0.4 is 9.64 Å². The average molecular weight is 318 g/mol. The van der Waals surface area contributed by atoms with Crippen molar-refractivity contribution in [3.8, 4) is 17.0 Å². The van der Waals surface area contributed by atoms with Gasteiger partial charge >= 0.3 is 0 Å². The van der Waals surface area contributed by atoms with Crippen molar-refractivity contribution in [1.82, 2.24) is 4.98 Å². The van der Waals surface area contributed by atoms with Crippen LogP contribution in [0.4, 0.5) is 5.69 Å². The highest BCUT2D eigenvalue weighted by Gasteiger charge is 2.24. The third kappa shape index (κ3) is 2.84. The van der Waals surface area contributed by atoms with Crippen molar-refractivity contribution in [2.24, 2.45) is 0 Å². The molecule has 0 saturated heterocycles. The monoisotopic (exact) mass is 318 g/mol. The van der Waals surface area contributed by atoms with Crippen LogP contribution in [0.1, 0.15) is 11.9 Å². The summed E-state index contributed by atoms with van der Waals surface area (Å²) in [5.74, 6) is 0.742. The first-order chi connectivity index (χ1) is 10.7. The van der Waals surface area contributed by atoms with Crippen molar-refractivity contribution in [2.75, 3.05) is 31.8 Å². The Balaban J connectivity index is 1.91. The van der Waals surface area contributed by atoms with Crippen molar-refractivity contribution < 1.29 is 14.3 Å². The van der Waals surface area contributed by atoms with Crippen molar-refractivity contribution in [1.29, 1.82) is 0 Å². The van der Waals surface area contributed by atoms with E-state index in [1.807, 2.05) is 30.5 Å². The number of hydrogen-bond acceptors (Lipinski definition) is 5. The number of carbonyl (C=O) groups is 1. The number of carbonyl (C=O) groups excluding carboxylic acids is 1. The summed E-state index contributed by atoms with van der Waals surface area (Å²) in [6.45, 7) is 3.38. The van der Waals surface area contributed by atoms with Crippen LogP contribution in [0.5, 0.6) is 5.75 Å². The number of likely N-dealkylation sites (N-methyl/N-ethyl adjacent to an activating group) is 1. The second kappa shape index (κ2) is 6.46. The minimum Gasteiger partial charge on any atom is -0.482 e. The molecule has 0 fully saturated rings. The number of aromatic nitrogens is 1. The summed E-state index contributed by atoms with van der Waals surface area (Å²) in [7, 11) is 1.69. The molecule has 3 rings (SSSR count). The van der Waals surface area contributed by atoms with E-state index in [-0.39, 0.29) is 12.5 Å². The number of amides is 1. The number of anilines is 1. The number of thiazole rings is 1. The van der Waals surface area contributed by atoms with Gasteiger partial charge < -0.3 is 14.4 Å². The predicted octanol–water partition coefficient (Wildman–Crippen LogP) is 2.74. The number of fused-ring (bicyclic) bond motifs is 1. The fourth-order valence-corrected chi connectivity index (χ4v) is 3.24. The number of methoxy groups -OCH3 is 1. The maximum absolute atomic E-state index is 11.9. The highest BCUT2D eigenvalue weighted by Crippen LogP contribution is 2.36. The van der Waals surface area contributed by atoms with Crippen LogP contribution in [0.2, 0.25) is 0 Å². The molecule has 0 unspecified atom stereocenters. The maximum Gasteiger partial charge on any atom is 0.265 e. The molecule has 0 bridgehead atoms. The van der Waals surface area contributed by atoms with Crippen LogP contribution in [-0.2, 0) is 16.0 Å². The van der Waals surface area contributed by atoms with E-state index in [2.05, 4.69) is 4.98 Å². The lowest BCUT2D eigenvalue weighted by Crippen LogP contribution is -2.38. The second-order valence-corrected chi connectivity index (χ2v) is 5.92. The molecule has 2 heterocycles. The van der Waals surface area contributed by atoms with Gasteiger partial charge in [-0.25, -0.2) is 4.98 Å². The van der Waals surface area contributed by atoms with Crippen LogP contribution in [-0.4, -0.2) is 37.8 Å². The fraction of sp³-hybridized carbons (Fsp3) is 0.375. The molecule has 0 atom stereocenters. The summed E-state index contributed by atoms with van der Waals surface area (Å²) in [5.41, 5.74) is 2.74. The van der Waals surface area contributed by atoms with E-state index in [0.717, 1.165) is 34.1 Å². The van der Waals surface area contributed by atoms with Crippen LogP contribution in [0, 0.1) is 0 Å². The zero-order chi connectivity index (χ0) is 15.5. The zero-order valence-corrected chi connectivity index (χ0v) is 13.5. The molecule has 6 heteroatoms. The van der Waals surface area contributed by atoms with Crippen molar-refractivity contribution in [2.45, 2.75) is 13.3 Å². The summed E-state index contributed by atoms with van der Waals surface area (Å²) in [5, 5.41) is 3.09. The number of rotatable bonds is 5. The first-order valence-electron chi connectivity index (χ1n) is 7.24. The van der Waals surface area contributed by atoms with Gasteiger partial charge in [0.25, 0.3) is 5.91 Å². The Morgan fingerprint density at radius 2 is 2.32 bits per heavy atom. The third-order valence-corrected chi connectivity index (χ3v) is 4.49. The molecular formula is C16H18N2O3S. The van der Waals surface area contributed by atoms with E-state index in [4.69, 9.17) is 9.47 Å². The predicted molar refractivity (Wildman–Crippen MR) is 86.7 cm³/mol. The quantitative estimate of drug-likeness (QED) is 0.850. The second-order valence-electron chi connectivity index (χ2n) is 4.98. The van der Waals surface area contributed by atoms with Gasteiger partial charge in [0.05, 0.1) is 23.0 Å². The number of hydrogen-bond donors (Lipinski definition) is 0. The van der Waals surface area contributed by atoms with Crippen molar-refractivity contribution >= 4 is 22.9 Å². The van der Waals surface area contributed by atoms with Crippen molar-refractivity contribution in [3.05, 3.63) is 28.6 Å². The molecule has 1 aliphatic heterocycles.